The van der Waals surface area contributed by atoms with Crippen LogP contribution in [0.15, 0.2) is 24.3 Å². The largest absolute Gasteiger partial charge is 0.460 e. The summed E-state index contributed by atoms with van der Waals surface area (Å²) in [4.78, 5) is 23.5. The van der Waals surface area contributed by atoms with Gasteiger partial charge in [0.05, 0.1) is 12.6 Å². The zero-order chi connectivity index (χ0) is 16.8. The Morgan fingerprint density at radius 2 is 1.86 bits per heavy atom. The van der Waals surface area contributed by atoms with Gasteiger partial charge in [0.25, 0.3) is 0 Å². The first kappa shape index (κ1) is 18.1. The number of nitrogens with one attached hydrogen (secondary N) is 1. The van der Waals surface area contributed by atoms with Gasteiger partial charge in [-0.15, -0.1) is 0 Å². The van der Waals surface area contributed by atoms with Crippen molar-refractivity contribution in [2.24, 2.45) is 5.73 Å². The number of aliphatic hydroxyl groups excluding tert-OH is 1. The monoisotopic (exact) mass is 308 g/mol. The zero-order valence-corrected chi connectivity index (χ0v) is 13.3. The fourth-order valence-electron chi connectivity index (χ4n) is 1.73. The third-order valence-electron chi connectivity index (χ3n) is 2.82. The molecule has 122 valence electrons. The van der Waals surface area contributed by atoms with E-state index in [4.69, 9.17) is 15.6 Å². The summed E-state index contributed by atoms with van der Waals surface area (Å²) in [5, 5.41) is 11.6. The number of anilines is 1. The van der Waals surface area contributed by atoms with Crippen LogP contribution in [-0.4, -0.2) is 28.6 Å². The van der Waals surface area contributed by atoms with Gasteiger partial charge in [0.2, 0.25) is 5.91 Å². The average Bonchev–Trinajstić information content (AvgIpc) is 2.43. The number of nitrogens with two attached hydrogens (primary N) is 1. The van der Waals surface area contributed by atoms with Gasteiger partial charge in [0.1, 0.15) is 5.60 Å². The van der Waals surface area contributed by atoms with E-state index in [-0.39, 0.29) is 31.3 Å². The van der Waals surface area contributed by atoms with Crippen molar-refractivity contribution in [1.82, 2.24) is 0 Å². The van der Waals surface area contributed by atoms with Crippen LogP contribution in [0.5, 0.6) is 0 Å². The van der Waals surface area contributed by atoms with E-state index in [9.17, 15) is 9.59 Å². The normalized spacial score (nSPS) is 12.6. The fourth-order valence-corrected chi connectivity index (χ4v) is 1.73. The fraction of sp³-hybridized carbons (Fsp3) is 0.500. The number of esters is 1. The molecule has 0 aliphatic carbocycles. The lowest BCUT2D eigenvalue weighted by molar-refractivity contribution is -0.155. The van der Waals surface area contributed by atoms with Gasteiger partial charge in [-0.1, -0.05) is 12.1 Å². The molecule has 6 nitrogen and oxygen atoms in total. The second-order valence-electron chi connectivity index (χ2n) is 6.08. The Labute approximate surface area is 130 Å². The Morgan fingerprint density at radius 1 is 1.27 bits per heavy atom. The van der Waals surface area contributed by atoms with Gasteiger partial charge in [-0.3, -0.25) is 9.59 Å². The van der Waals surface area contributed by atoms with Crippen molar-refractivity contribution in [1.29, 1.82) is 0 Å². The molecule has 0 aromatic heterocycles. The summed E-state index contributed by atoms with van der Waals surface area (Å²) in [6.07, 6.45) is 0.310. The number of carbonyl (C=O) groups is 2. The van der Waals surface area contributed by atoms with Crippen LogP contribution < -0.4 is 11.1 Å². The SMILES string of the molecule is CC(C)(C)OC(=O)CCC(N)C(=O)Nc1ccc(CO)cc1. The molecule has 0 fully saturated rings. The van der Waals surface area contributed by atoms with E-state index < -0.39 is 11.6 Å². The minimum atomic E-state index is -0.787. The molecule has 0 heterocycles. The summed E-state index contributed by atoms with van der Waals surface area (Å²) < 4.78 is 5.16. The van der Waals surface area contributed by atoms with Crippen LogP contribution in [0, 0.1) is 0 Å². The van der Waals surface area contributed by atoms with Crippen LogP contribution >= 0.6 is 0 Å². The molecule has 0 saturated carbocycles. The minimum absolute atomic E-state index is 0.0520. The molecule has 1 rings (SSSR count). The predicted octanol–water partition coefficient (Wildman–Crippen LogP) is 1.57. The molecule has 6 heteroatoms. The second-order valence-corrected chi connectivity index (χ2v) is 6.08. The molecule has 1 amide bonds. The molecule has 1 unspecified atom stereocenters. The maximum Gasteiger partial charge on any atom is 0.306 e. The average molecular weight is 308 g/mol. The van der Waals surface area contributed by atoms with Crippen LogP contribution in [0.1, 0.15) is 39.2 Å². The van der Waals surface area contributed by atoms with Crippen molar-refractivity contribution >= 4 is 17.6 Å². The molecule has 0 bridgehead atoms. The van der Waals surface area contributed by atoms with E-state index >= 15 is 0 Å². The van der Waals surface area contributed by atoms with Gasteiger partial charge in [-0.2, -0.15) is 0 Å². The molecule has 22 heavy (non-hydrogen) atoms. The summed E-state index contributed by atoms with van der Waals surface area (Å²) in [5.74, 6) is -0.733. The van der Waals surface area contributed by atoms with Gasteiger partial charge in [0, 0.05) is 12.1 Å². The van der Waals surface area contributed by atoms with E-state index in [0.717, 1.165) is 5.56 Å². The number of rotatable bonds is 6. The van der Waals surface area contributed by atoms with Crippen LogP contribution in [0.3, 0.4) is 0 Å². The smallest absolute Gasteiger partial charge is 0.306 e. The number of benzene rings is 1. The number of hydrogen-bond donors (Lipinski definition) is 3. The van der Waals surface area contributed by atoms with E-state index in [1.807, 2.05) is 0 Å². The topological polar surface area (TPSA) is 102 Å². The van der Waals surface area contributed by atoms with Gasteiger partial charge in [-0.05, 0) is 44.9 Å². The Balaban J connectivity index is 2.42. The molecule has 0 spiro atoms. The second kappa shape index (κ2) is 7.91. The van der Waals surface area contributed by atoms with Crippen LogP contribution in [0.25, 0.3) is 0 Å². The van der Waals surface area contributed by atoms with Crippen molar-refractivity contribution < 1.29 is 19.4 Å². The highest BCUT2D eigenvalue weighted by atomic mass is 16.6. The minimum Gasteiger partial charge on any atom is -0.460 e. The van der Waals surface area contributed by atoms with Gasteiger partial charge in [-0.25, -0.2) is 0 Å². The Bertz CT molecular complexity index is 506. The third-order valence-corrected chi connectivity index (χ3v) is 2.82. The third kappa shape index (κ3) is 6.69. The summed E-state index contributed by atoms with van der Waals surface area (Å²) in [5.41, 5.74) is 6.58. The Hall–Kier alpha value is -1.92. The van der Waals surface area contributed by atoms with E-state index in [1.54, 1.807) is 45.0 Å². The summed E-state index contributed by atoms with van der Waals surface area (Å²) in [7, 11) is 0. The first-order chi connectivity index (χ1) is 10.2. The van der Waals surface area contributed by atoms with Crippen molar-refractivity contribution in [3.05, 3.63) is 29.8 Å². The maximum absolute atomic E-state index is 11.9. The number of ether oxygens (including phenoxy) is 1. The molecular weight excluding hydrogens is 284 g/mol. The molecule has 0 saturated heterocycles. The van der Waals surface area contributed by atoms with Crippen LogP contribution in [-0.2, 0) is 20.9 Å². The molecule has 1 aromatic carbocycles. The molecule has 0 aliphatic heterocycles. The predicted molar refractivity (Wildman–Crippen MR) is 84.0 cm³/mol. The molecule has 4 N–H and O–H groups in total. The maximum atomic E-state index is 11.9. The van der Waals surface area contributed by atoms with Crippen molar-refractivity contribution in [2.75, 3.05) is 5.32 Å². The van der Waals surface area contributed by atoms with Crippen molar-refractivity contribution in [3.63, 3.8) is 0 Å². The lowest BCUT2D eigenvalue weighted by atomic mass is 10.1. The number of aliphatic hydroxyl groups is 1. The molecule has 0 radical (unpaired) electrons. The van der Waals surface area contributed by atoms with Crippen LogP contribution in [0.2, 0.25) is 0 Å². The lowest BCUT2D eigenvalue weighted by Crippen LogP contribution is -2.36. The molecular formula is C16H24N2O4. The van der Waals surface area contributed by atoms with E-state index in [1.165, 1.54) is 0 Å². The summed E-state index contributed by atoms with van der Waals surface area (Å²) in [6, 6.07) is 6.00. The summed E-state index contributed by atoms with van der Waals surface area (Å²) in [6.45, 7) is 5.30. The highest BCUT2D eigenvalue weighted by Crippen LogP contribution is 2.12. The van der Waals surface area contributed by atoms with Gasteiger partial charge in [0.15, 0.2) is 0 Å². The van der Waals surface area contributed by atoms with Crippen LogP contribution in [0.4, 0.5) is 5.69 Å². The molecule has 1 aromatic rings. The van der Waals surface area contributed by atoms with Gasteiger partial charge >= 0.3 is 5.97 Å². The Morgan fingerprint density at radius 3 is 2.36 bits per heavy atom. The quantitative estimate of drug-likeness (QED) is 0.692. The first-order valence-corrected chi connectivity index (χ1v) is 7.19. The highest BCUT2D eigenvalue weighted by Gasteiger charge is 2.19. The molecule has 0 aliphatic rings. The number of hydrogen-bond acceptors (Lipinski definition) is 5. The molecule has 1 atom stereocenters. The lowest BCUT2D eigenvalue weighted by Gasteiger charge is -2.20. The number of carbonyl (C=O) groups excluding carboxylic acids is 2. The zero-order valence-electron chi connectivity index (χ0n) is 13.3. The van der Waals surface area contributed by atoms with E-state index in [2.05, 4.69) is 5.32 Å². The van der Waals surface area contributed by atoms with Crippen molar-refractivity contribution in [3.8, 4) is 0 Å². The Kier molecular flexibility index (Phi) is 6.52. The highest BCUT2D eigenvalue weighted by molar-refractivity contribution is 5.94. The number of amides is 1. The first-order valence-electron chi connectivity index (χ1n) is 7.19. The summed E-state index contributed by atoms with van der Waals surface area (Å²) >= 11 is 0. The standard InChI is InChI=1S/C16H24N2O4/c1-16(2,3)22-14(20)9-8-13(17)15(21)18-12-6-4-11(10-19)5-7-12/h4-7,13,19H,8-10,17H2,1-3H3,(H,18,21). The van der Waals surface area contributed by atoms with Crippen molar-refractivity contribution in [2.45, 2.75) is 51.9 Å². The van der Waals surface area contributed by atoms with Gasteiger partial charge < -0.3 is 20.9 Å². The van der Waals surface area contributed by atoms with E-state index in [0.29, 0.717) is 5.69 Å².